The Bertz CT molecular complexity index is 779. The average molecular weight is 240 g/mol. The Morgan fingerprint density at radius 1 is 0.944 bits per heavy atom. The van der Waals surface area contributed by atoms with Crippen LogP contribution in [0.5, 0.6) is 0 Å². The molecule has 0 saturated heterocycles. The van der Waals surface area contributed by atoms with Gasteiger partial charge in [-0.25, -0.2) is 9.59 Å². The molecular formula is C14H8O4. The highest BCUT2D eigenvalue weighted by atomic mass is 16.4. The van der Waals surface area contributed by atoms with E-state index in [1.54, 1.807) is 18.2 Å². The van der Waals surface area contributed by atoms with Crippen LogP contribution in [0.3, 0.4) is 0 Å². The van der Waals surface area contributed by atoms with Gasteiger partial charge in [0.05, 0.1) is 11.1 Å². The maximum atomic E-state index is 11.1. The number of hydrogen-bond donors (Lipinski definition) is 2. The number of carboxylic acids is 2. The standard InChI is InChI=1S/C14H8O4/c15-13(16)9-3-1-7-5-8-2-4-10(14(17)18)12(8)6-11(7)9/h1-6H,(H,15,16)(H,17,18). The molecule has 1 aromatic carbocycles. The van der Waals surface area contributed by atoms with Gasteiger partial charge >= 0.3 is 11.9 Å². The minimum absolute atomic E-state index is 0.199. The van der Waals surface area contributed by atoms with Crippen LogP contribution in [0.4, 0.5) is 0 Å². The van der Waals surface area contributed by atoms with Gasteiger partial charge in [0, 0.05) is 0 Å². The minimum Gasteiger partial charge on any atom is -0.478 e. The van der Waals surface area contributed by atoms with E-state index in [9.17, 15) is 9.59 Å². The third kappa shape index (κ3) is 1.32. The number of carboxylic acid groups (broad SMARTS) is 2. The minimum atomic E-state index is -1.01. The van der Waals surface area contributed by atoms with Crippen molar-refractivity contribution in [3.05, 3.63) is 45.8 Å². The van der Waals surface area contributed by atoms with E-state index in [1.807, 2.05) is 6.07 Å². The van der Waals surface area contributed by atoms with Crippen LogP contribution < -0.4 is 10.4 Å². The maximum absolute atomic E-state index is 11.1. The van der Waals surface area contributed by atoms with Crippen molar-refractivity contribution in [3.8, 4) is 0 Å². The fourth-order valence-corrected chi connectivity index (χ4v) is 2.28. The predicted octanol–water partition coefficient (Wildman–Crippen LogP) is 0.211. The summed E-state index contributed by atoms with van der Waals surface area (Å²) in [6.07, 6.45) is 6.52. The zero-order valence-corrected chi connectivity index (χ0v) is 9.18. The van der Waals surface area contributed by atoms with Gasteiger partial charge in [-0.15, -0.1) is 0 Å². The van der Waals surface area contributed by atoms with E-state index >= 15 is 0 Å². The Morgan fingerprint density at radius 2 is 1.72 bits per heavy atom. The largest absolute Gasteiger partial charge is 0.478 e. The van der Waals surface area contributed by atoms with Crippen molar-refractivity contribution in [3.63, 3.8) is 0 Å². The number of aliphatic carboxylic acids is 2. The summed E-state index contributed by atoms with van der Waals surface area (Å²) >= 11 is 0. The van der Waals surface area contributed by atoms with Crippen molar-refractivity contribution in [2.24, 2.45) is 0 Å². The average Bonchev–Trinajstić information content (AvgIpc) is 2.87. The van der Waals surface area contributed by atoms with Crippen LogP contribution in [-0.2, 0) is 9.59 Å². The lowest BCUT2D eigenvalue weighted by atomic mass is 10.0. The summed E-state index contributed by atoms with van der Waals surface area (Å²) in [4.78, 5) is 22.1. The maximum Gasteiger partial charge on any atom is 0.336 e. The SMILES string of the molecule is O=C(O)C1=CC=c2cc3c(cc21)=C(C(=O)O)C=C3. The van der Waals surface area contributed by atoms with Gasteiger partial charge < -0.3 is 10.2 Å². The topological polar surface area (TPSA) is 74.6 Å². The highest BCUT2D eigenvalue weighted by molar-refractivity contribution is 6.19. The number of fused-ring (bicyclic) bond motifs is 2. The molecule has 0 amide bonds. The molecule has 4 heteroatoms. The molecule has 0 atom stereocenters. The second-order valence-corrected chi connectivity index (χ2v) is 4.13. The van der Waals surface area contributed by atoms with Gasteiger partial charge in [-0.1, -0.05) is 12.2 Å². The Kier molecular flexibility index (Phi) is 2.01. The molecule has 0 heterocycles. The van der Waals surface area contributed by atoms with E-state index in [4.69, 9.17) is 10.2 Å². The Hall–Kier alpha value is -2.62. The zero-order chi connectivity index (χ0) is 12.9. The molecule has 2 aliphatic carbocycles. The molecule has 3 rings (SSSR count). The van der Waals surface area contributed by atoms with Gasteiger partial charge in [-0.3, -0.25) is 0 Å². The summed E-state index contributed by atoms with van der Waals surface area (Å²) in [5, 5.41) is 19.5. The molecule has 0 aromatic heterocycles. The van der Waals surface area contributed by atoms with Crippen LogP contribution in [-0.4, -0.2) is 22.2 Å². The molecule has 4 nitrogen and oxygen atoms in total. The molecular weight excluding hydrogens is 232 g/mol. The first-order chi connectivity index (χ1) is 8.58. The summed E-state index contributed by atoms with van der Waals surface area (Å²) in [6, 6.07) is 3.45. The van der Waals surface area contributed by atoms with Gasteiger partial charge in [0.2, 0.25) is 0 Å². The van der Waals surface area contributed by atoms with Crippen LogP contribution in [0.25, 0.3) is 23.3 Å². The van der Waals surface area contributed by atoms with Crippen molar-refractivity contribution >= 4 is 35.2 Å². The number of carbonyl (C=O) groups is 2. The zero-order valence-electron chi connectivity index (χ0n) is 9.18. The number of benzene rings is 1. The molecule has 1 aromatic rings. The van der Waals surface area contributed by atoms with Gasteiger partial charge in [-0.2, -0.15) is 0 Å². The molecule has 0 saturated carbocycles. The van der Waals surface area contributed by atoms with Crippen LogP contribution in [0.15, 0.2) is 24.3 Å². The highest BCUT2D eigenvalue weighted by Gasteiger charge is 2.19. The molecule has 18 heavy (non-hydrogen) atoms. The third-order valence-corrected chi connectivity index (χ3v) is 3.12. The fourth-order valence-electron chi connectivity index (χ4n) is 2.28. The monoisotopic (exact) mass is 240 g/mol. The van der Waals surface area contributed by atoms with E-state index in [2.05, 4.69) is 0 Å². The van der Waals surface area contributed by atoms with Gasteiger partial charge in [0.25, 0.3) is 0 Å². The highest BCUT2D eigenvalue weighted by Crippen LogP contribution is 2.17. The number of allylic oxidation sites excluding steroid dienone is 1. The summed E-state index contributed by atoms with van der Waals surface area (Å²) in [6.45, 7) is 0. The molecule has 2 N–H and O–H groups in total. The summed E-state index contributed by atoms with van der Waals surface area (Å²) in [7, 11) is 0. The molecule has 0 aliphatic heterocycles. The molecule has 0 spiro atoms. The Morgan fingerprint density at radius 3 is 2.39 bits per heavy atom. The summed E-state index contributed by atoms with van der Waals surface area (Å²) in [5.74, 6) is -2.01. The van der Waals surface area contributed by atoms with Crippen LogP contribution >= 0.6 is 0 Å². The van der Waals surface area contributed by atoms with Crippen molar-refractivity contribution in [2.75, 3.05) is 0 Å². The third-order valence-electron chi connectivity index (χ3n) is 3.12. The first-order valence-electron chi connectivity index (χ1n) is 5.33. The van der Waals surface area contributed by atoms with E-state index in [0.717, 1.165) is 10.8 Å². The van der Waals surface area contributed by atoms with E-state index in [1.165, 1.54) is 12.2 Å². The fraction of sp³-hybridized carbons (Fsp3) is 0. The quantitative estimate of drug-likeness (QED) is 0.775. The number of rotatable bonds is 2. The first kappa shape index (κ1) is 10.5. The second-order valence-electron chi connectivity index (χ2n) is 4.13. The molecule has 88 valence electrons. The first-order valence-corrected chi connectivity index (χ1v) is 5.33. The second kappa shape index (κ2) is 3.43. The molecule has 2 aliphatic rings. The summed E-state index contributed by atoms with van der Waals surface area (Å²) < 4.78 is 0. The molecule has 0 bridgehead atoms. The van der Waals surface area contributed by atoms with Crippen molar-refractivity contribution in [1.29, 1.82) is 0 Å². The number of hydrogen-bond acceptors (Lipinski definition) is 2. The lowest BCUT2D eigenvalue weighted by Gasteiger charge is -2.01. The molecule has 0 radical (unpaired) electrons. The molecule has 0 fully saturated rings. The van der Waals surface area contributed by atoms with E-state index in [0.29, 0.717) is 10.8 Å². The molecule has 0 unspecified atom stereocenters. The summed E-state index contributed by atoms with van der Waals surface area (Å²) in [5.41, 5.74) is 1.78. The van der Waals surface area contributed by atoms with Gasteiger partial charge in [0.15, 0.2) is 0 Å². The van der Waals surface area contributed by atoms with Crippen molar-refractivity contribution in [1.82, 2.24) is 0 Å². The Labute approximate surface area is 101 Å². The van der Waals surface area contributed by atoms with Gasteiger partial charge in [0.1, 0.15) is 0 Å². The van der Waals surface area contributed by atoms with Crippen molar-refractivity contribution in [2.45, 2.75) is 0 Å². The normalized spacial score (nSPS) is 14.9. The van der Waals surface area contributed by atoms with Crippen LogP contribution in [0.1, 0.15) is 11.1 Å². The van der Waals surface area contributed by atoms with E-state index < -0.39 is 11.9 Å². The van der Waals surface area contributed by atoms with E-state index in [-0.39, 0.29) is 11.1 Å². The lowest BCUT2D eigenvalue weighted by Crippen LogP contribution is -2.19. The Balaban J connectivity index is 2.32. The lowest BCUT2D eigenvalue weighted by molar-refractivity contribution is -0.131. The predicted molar refractivity (Wildman–Crippen MR) is 65.8 cm³/mol. The smallest absolute Gasteiger partial charge is 0.336 e. The van der Waals surface area contributed by atoms with Crippen LogP contribution in [0.2, 0.25) is 0 Å². The van der Waals surface area contributed by atoms with Crippen LogP contribution in [0, 0.1) is 0 Å². The van der Waals surface area contributed by atoms with Gasteiger partial charge in [-0.05, 0) is 45.8 Å². The van der Waals surface area contributed by atoms with Crippen molar-refractivity contribution < 1.29 is 19.8 Å².